The van der Waals surface area contributed by atoms with Crippen molar-refractivity contribution in [3.63, 3.8) is 0 Å². The summed E-state index contributed by atoms with van der Waals surface area (Å²) in [6.07, 6.45) is 0. The highest BCUT2D eigenvalue weighted by molar-refractivity contribution is 7.52. The van der Waals surface area contributed by atoms with E-state index in [9.17, 15) is 23.9 Å². The normalized spacial score (nSPS) is 14.0. The summed E-state index contributed by atoms with van der Waals surface area (Å²) in [5.74, 6) is -2.59. The van der Waals surface area contributed by atoms with E-state index >= 15 is 0 Å². The van der Waals surface area contributed by atoms with E-state index in [-0.39, 0.29) is 11.1 Å². The Hall–Kier alpha value is -2.07. The van der Waals surface area contributed by atoms with Gasteiger partial charge < -0.3 is 9.79 Å². The molecule has 120 valence electrons. The molecule has 2 atom stereocenters. The van der Waals surface area contributed by atoms with E-state index in [0.717, 1.165) is 0 Å². The summed E-state index contributed by atoms with van der Waals surface area (Å²) in [7, 11) is -4.72. The van der Waals surface area contributed by atoms with Crippen molar-refractivity contribution >= 4 is 19.2 Å². The Bertz CT molecular complexity index is 736. The van der Waals surface area contributed by atoms with Gasteiger partial charge in [0, 0.05) is 5.56 Å². The number of ketones is 2. The van der Waals surface area contributed by atoms with Gasteiger partial charge in [0.25, 0.3) is 0 Å². The first kappa shape index (κ1) is 17.3. The van der Waals surface area contributed by atoms with Crippen molar-refractivity contribution in [2.24, 2.45) is 5.92 Å². The zero-order valence-corrected chi connectivity index (χ0v) is 13.4. The molecule has 2 N–H and O–H groups in total. The van der Waals surface area contributed by atoms with Crippen molar-refractivity contribution in [1.29, 1.82) is 0 Å². The van der Waals surface area contributed by atoms with Crippen LogP contribution in [0.25, 0.3) is 0 Å². The minimum absolute atomic E-state index is 0.252. The summed E-state index contributed by atoms with van der Waals surface area (Å²) in [5.41, 5.74) is -0.971. The second-order valence-corrected chi connectivity index (χ2v) is 7.00. The first-order chi connectivity index (χ1) is 10.8. The van der Waals surface area contributed by atoms with Crippen LogP contribution >= 0.6 is 7.60 Å². The van der Waals surface area contributed by atoms with Crippen molar-refractivity contribution in [3.8, 4) is 0 Å². The molecule has 0 heterocycles. The Morgan fingerprint density at radius 3 is 1.83 bits per heavy atom. The van der Waals surface area contributed by atoms with Crippen LogP contribution in [0.5, 0.6) is 0 Å². The van der Waals surface area contributed by atoms with Crippen LogP contribution in [-0.2, 0) is 9.36 Å². The molecule has 0 aliphatic heterocycles. The smallest absolute Gasteiger partial charge is 0.324 e. The fourth-order valence-electron chi connectivity index (χ4n) is 2.56. The molecule has 2 rings (SSSR count). The predicted octanol–water partition coefficient (Wildman–Crippen LogP) is 2.99. The second-order valence-electron chi connectivity index (χ2n) is 5.26. The van der Waals surface area contributed by atoms with Crippen molar-refractivity contribution in [3.05, 3.63) is 71.8 Å². The van der Waals surface area contributed by atoms with Crippen molar-refractivity contribution in [2.75, 3.05) is 0 Å². The maximum atomic E-state index is 12.7. The van der Waals surface area contributed by atoms with Gasteiger partial charge in [-0.25, -0.2) is 0 Å². The van der Waals surface area contributed by atoms with E-state index in [4.69, 9.17) is 0 Å². The average Bonchev–Trinajstić information content (AvgIpc) is 2.52. The molecule has 6 heteroatoms. The number of hydrogen-bond donors (Lipinski definition) is 2. The molecule has 0 aliphatic rings. The molecule has 0 amide bonds. The number of carbonyl (C=O) groups is 2. The molecular weight excluding hydrogens is 315 g/mol. The summed E-state index contributed by atoms with van der Waals surface area (Å²) in [6.45, 7) is 1.18. The molecule has 0 radical (unpaired) electrons. The van der Waals surface area contributed by atoms with Gasteiger partial charge in [0.05, 0.1) is 5.92 Å². The third-order valence-corrected chi connectivity index (χ3v) is 4.92. The summed E-state index contributed by atoms with van der Waals surface area (Å²) < 4.78 is 12.0. The molecule has 0 fully saturated rings. The minimum atomic E-state index is -4.72. The van der Waals surface area contributed by atoms with Gasteiger partial charge in [-0.05, 0) is 12.5 Å². The summed E-state index contributed by atoms with van der Waals surface area (Å²) in [4.78, 5) is 44.2. The zero-order chi connectivity index (χ0) is 17.0. The zero-order valence-electron chi connectivity index (χ0n) is 12.5. The standard InChI is InChI=1S/C17H17O5P/c1-12(18)15(16(19)13-8-4-2-5-9-13)17(23(20,21)22)14-10-6-3-7-11-14/h2-11,15,17H,1H3,(H2,20,21,22). The van der Waals surface area contributed by atoms with Crippen LogP contribution in [0, 0.1) is 5.92 Å². The van der Waals surface area contributed by atoms with E-state index in [1.807, 2.05) is 0 Å². The molecule has 2 unspecified atom stereocenters. The van der Waals surface area contributed by atoms with E-state index in [0.29, 0.717) is 0 Å². The number of benzene rings is 2. The highest BCUT2D eigenvalue weighted by Gasteiger charge is 2.44. The van der Waals surface area contributed by atoms with E-state index in [1.54, 1.807) is 36.4 Å². The van der Waals surface area contributed by atoms with Gasteiger partial charge in [0.1, 0.15) is 11.4 Å². The monoisotopic (exact) mass is 332 g/mol. The van der Waals surface area contributed by atoms with Gasteiger partial charge in [-0.15, -0.1) is 0 Å². The summed E-state index contributed by atoms with van der Waals surface area (Å²) >= 11 is 0. The molecule has 2 aromatic rings. The minimum Gasteiger partial charge on any atom is -0.324 e. The second kappa shape index (κ2) is 7.01. The molecule has 0 saturated carbocycles. The lowest BCUT2D eigenvalue weighted by Crippen LogP contribution is -2.29. The highest BCUT2D eigenvalue weighted by Crippen LogP contribution is 2.56. The number of carbonyl (C=O) groups excluding carboxylic acids is 2. The molecule has 0 aliphatic carbocycles. The molecule has 0 spiro atoms. The van der Waals surface area contributed by atoms with Crippen LogP contribution in [0.15, 0.2) is 60.7 Å². The molecule has 5 nitrogen and oxygen atoms in total. The first-order valence-electron chi connectivity index (χ1n) is 7.02. The van der Waals surface area contributed by atoms with Crippen LogP contribution in [0.3, 0.4) is 0 Å². The molecule has 2 aromatic carbocycles. The Labute approximate surface area is 134 Å². The molecule has 0 saturated heterocycles. The lowest BCUT2D eigenvalue weighted by Gasteiger charge is -2.25. The quantitative estimate of drug-likeness (QED) is 0.482. The van der Waals surface area contributed by atoms with Crippen LogP contribution in [0.2, 0.25) is 0 Å². The van der Waals surface area contributed by atoms with Crippen LogP contribution in [-0.4, -0.2) is 21.4 Å². The lowest BCUT2D eigenvalue weighted by molar-refractivity contribution is -0.119. The summed E-state index contributed by atoms with van der Waals surface area (Å²) in [6, 6.07) is 16.0. The maximum absolute atomic E-state index is 12.7. The molecule has 0 bridgehead atoms. The maximum Gasteiger partial charge on any atom is 0.334 e. The lowest BCUT2D eigenvalue weighted by atomic mass is 9.88. The van der Waals surface area contributed by atoms with E-state index in [1.165, 1.54) is 31.2 Å². The van der Waals surface area contributed by atoms with Crippen molar-refractivity contribution < 1.29 is 23.9 Å². The van der Waals surface area contributed by atoms with Gasteiger partial charge >= 0.3 is 7.60 Å². The van der Waals surface area contributed by atoms with Gasteiger partial charge in [0.2, 0.25) is 0 Å². The topological polar surface area (TPSA) is 91.7 Å². The average molecular weight is 332 g/mol. The number of rotatable bonds is 6. The van der Waals surface area contributed by atoms with Crippen molar-refractivity contribution in [1.82, 2.24) is 0 Å². The van der Waals surface area contributed by atoms with Gasteiger partial charge in [-0.2, -0.15) is 0 Å². The Morgan fingerprint density at radius 1 is 0.913 bits per heavy atom. The van der Waals surface area contributed by atoms with Crippen molar-refractivity contribution in [2.45, 2.75) is 12.6 Å². The molecular formula is C17H17O5P. The van der Waals surface area contributed by atoms with Crippen LogP contribution in [0.1, 0.15) is 28.5 Å². The number of hydrogen-bond acceptors (Lipinski definition) is 3. The van der Waals surface area contributed by atoms with Gasteiger partial charge in [-0.1, -0.05) is 60.7 Å². The number of Topliss-reactive ketones (excluding diaryl/α,β-unsaturated/α-hetero) is 2. The fourth-order valence-corrected chi connectivity index (χ4v) is 3.86. The Kier molecular flexibility index (Phi) is 5.26. The Balaban J connectivity index is 2.55. The van der Waals surface area contributed by atoms with Crippen LogP contribution < -0.4 is 0 Å². The third-order valence-electron chi connectivity index (χ3n) is 3.60. The summed E-state index contributed by atoms with van der Waals surface area (Å²) in [5, 5.41) is 0. The SMILES string of the molecule is CC(=O)C(C(=O)c1ccccc1)C(c1ccccc1)P(=O)(O)O. The van der Waals surface area contributed by atoms with E-state index < -0.39 is 30.7 Å². The van der Waals surface area contributed by atoms with Crippen LogP contribution in [0.4, 0.5) is 0 Å². The third kappa shape index (κ3) is 4.02. The van der Waals surface area contributed by atoms with E-state index in [2.05, 4.69) is 0 Å². The predicted molar refractivity (Wildman–Crippen MR) is 86.2 cm³/mol. The molecule has 23 heavy (non-hydrogen) atoms. The fraction of sp³-hybridized carbons (Fsp3) is 0.176. The largest absolute Gasteiger partial charge is 0.334 e. The first-order valence-corrected chi connectivity index (χ1v) is 8.70. The van der Waals surface area contributed by atoms with Gasteiger partial charge in [-0.3, -0.25) is 14.2 Å². The Morgan fingerprint density at radius 2 is 1.39 bits per heavy atom. The molecule has 0 aromatic heterocycles. The highest BCUT2D eigenvalue weighted by atomic mass is 31.2. The van der Waals surface area contributed by atoms with Gasteiger partial charge in [0.15, 0.2) is 5.78 Å².